The number of anilines is 1. The number of carbonyl (C=O) groups is 1. The summed E-state index contributed by atoms with van der Waals surface area (Å²) in [6.07, 6.45) is 5.83. The lowest BCUT2D eigenvalue weighted by molar-refractivity contribution is -0.105. The molecule has 0 saturated carbocycles. The summed E-state index contributed by atoms with van der Waals surface area (Å²) in [6, 6.07) is 0.377. The number of aromatic nitrogens is 1. The average molecular weight is 326 g/mol. The Bertz CT molecular complexity index is 489. The van der Waals surface area contributed by atoms with Crippen molar-refractivity contribution in [3.05, 3.63) is 23.8 Å². The number of piperazine rings is 1. The zero-order valence-electron chi connectivity index (χ0n) is 12.8. The van der Waals surface area contributed by atoms with Crippen molar-refractivity contribution in [1.82, 2.24) is 14.6 Å². The summed E-state index contributed by atoms with van der Waals surface area (Å²) in [5.41, 5.74) is 1.000. The predicted octanol–water partition coefficient (Wildman–Crippen LogP) is 2.05. The van der Waals surface area contributed by atoms with Crippen molar-refractivity contribution in [3.8, 4) is 0 Å². The van der Waals surface area contributed by atoms with E-state index in [1.54, 1.807) is 0 Å². The van der Waals surface area contributed by atoms with Crippen molar-refractivity contribution < 1.29 is 9.18 Å². The van der Waals surface area contributed by atoms with Crippen LogP contribution in [0.15, 0.2) is 12.4 Å². The van der Waals surface area contributed by atoms with E-state index in [0.717, 1.165) is 38.2 Å². The highest BCUT2D eigenvalue weighted by molar-refractivity contribution is 7.97. The van der Waals surface area contributed by atoms with Crippen LogP contribution in [0.2, 0.25) is 0 Å². The lowest BCUT2D eigenvalue weighted by atomic mass is 10.0. The molecule has 2 rings (SSSR count). The van der Waals surface area contributed by atoms with Gasteiger partial charge in [-0.2, -0.15) is 0 Å². The number of hydrogen-bond donors (Lipinski definition) is 2. The molecule has 122 valence electrons. The normalized spacial score (nSPS) is 19.1. The molecule has 1 aromatic heterocycles. The van der Waals surface area contributed by atoms with Crippen LogP contribution in [-0.2, 0) is 11.2 Å². The summed E-state index contributed by atoms with van der Waals surface area (Å²) in [4.78, 5) is 14.4. The van der Waals surface area contributed by atoms with Gasteiger partial charge in [-0.05, 0) is 19.3 Å². The van der Waals surface area contributed by atoms with Gasteiger partial charge in [0.1, 0.15) is 5.82 Å². The third-order valence-corrected chi connectivity index (χ3v) is 5.11. The molecule has 1 unspecified atom stereocenters. The van der Waals surface area contributed by atoms with Gasteiger partial charge in [-0.25, -0.2) is 8.70 Å². The first-order chi connectivity index (χ1) is 10.8. The maximum absolute atomic E-state index is 14.0. The van der Waals surface area contributed by atoms with E-state index in [0.29, 0.717) is 30.1 Å². The number of amides is 1. The van der Waals surface area contributed by atoms with Crippen LogP contribution in [0.3, 0.4) is 0 Å². The minimum Gasteiger partial charge on any atom is -0.327 e. The van der Waals surface area contributed by atoms with Gasteiger partial charge in [-0.15, -0.1) is 0 Å². The van der Waals surface area contributed by atoms with Gasteiger partial charge < -0.3 is 10.6 Å². The van der Waals surface area contributed by atoms with E-state index in [-0.39, 0.29) is 5.82 Å². The van der Waals surface area contributed by atoms with Gasteiger partial charge >= 0.3 is 0 Å². The Morgan fingerprint density at radius 2 is 2.45 bits per heavy atom. The van der Waals surface area contributed by atoms with Crippen LogP contribution < -0.4 is 10.6 Å². The van der Waals surface area contributed by atoms with Crippen LogP contribution in [0.4, 0.5) is 10.1 Å². The van der Waals surface area contributed by atoms with Gasteiger partial charge in [-0.3, -0.25) is 9.78 Å². The van der Waals surface area contributed by atoms with E-state index < -0.39 is 0 Å². The third kappa shape index (κ3) is 4.66. The first-order valence-electron chi connectivity index (χ1n) is 7.69. The van der Waals surface area contributed by atoms with E-state index in [1.807, 2.05) is 11.9 Å². The molecule has 0 radical (unpaired) electrons. The minimum atomic E-state index is -0.358. The number of hydrogen-bond acceptors (Lipinski definition) is 5. The molecule has 0 aromatic carbocycles. The van der Waals surface area contributed by atoms with Crippen LogP contribution >= 0.6 is 11.9 Å². The largest absolute Gasteiger partial charge is 0.327 e. The second-order valence-corrected chi connectivity index (χ2v) is 6.42. The quantitative estimate of drug-likeness (QED) is 0.566. The Labute approximate surface area is 135 Å². The number of rotatable bonds is 8. The molecule has 1 aromatic rings. The van der Waals surface area contributed by atoms with Crippen LogP contribution in [-0.4, -0.2) is 47.1 Å². The second kappa shape index (κ2) is 9.07. The highest BCUT2D eigenvalue weighted by Gasteiger charge is 2.23. The molecular formula is C15H23FN4OS. The zero-order valence-corrected chi connectivity index (χ0v) is 13.7. The molecule has 7 heteroatoms. The standard InChI is InChI=1S/C15H23FN4OS/c1-2-7-22-20-6-5-17-8-12(20)3-4-13-14(16)9-18-10-15(13)19-11-21/h9-12,17H,2-8H2,1H3,(H,19,21). The summed E-state index contributed by atoms with van der Waals surface area (Å²) < 4.78 is 16.4. The fraction of sp³-hybridized carbons (Fsp3) is 0.600. The fourth-order valence-corrected chi connectivity index (χ4v) is 3.61. The molecule has 0 bridgehead atoms. The number of pyridine rings is 1. The predicted molar refractivity (Wildman–Crippen MR) is 88.3 cm³/mol. The maximum Gasteiger partial charge on any atom is 0.211 e. The Morgan fingerprint density at radius 1 is 1.59 bits per heavy atom. The fourth-order valence-electron chi connectivity index (χ4n) is 2.58. The summed E-state index contributed by atoms with van der Waals surface area (Å²) in [6.45, 7) is 5.09. The molecule has 1 fully saturated rings. The third-order valence-electron chi connectivity index (χ3n) is 3.70. The smallest absolute Gasteiger partial charge is 0.211 e. The summed E-state index contributed by atoms with van der Waals surface area (Å²) in [5.74, 6) is 0.751. The highest BCUT2D eigenvalue weighted by atomic mass is 32.2. The molecule has 5 nitrogen and oxygen atoms in total. The first-order valence-corrected chi connectivity index (χ1v) is 8.63. The molecule has 0 spiro atoms. The zero-order chi connectivity index (χ0) is 15.8. The van der Waals surface area contributed by atoms with E-state index in [9.17, 15) is 9.18 Å². The van der Waals surface area contributed by atoms with Crippen LogP contribution in [0, 0.1) is 5.82 Å². The molecule has 2 N–H and O–H groups in total. The molecule has 22 heavy (non-hydrogen) atoms. The van der Waals surface area contributed by atoms with Gasteiger partial charge in [-0.1, -0.05) is 18.9 Å². The summed E-state index contributed by atoms with van der Waals surface area (Å²) >= 11 is 1.87. The van der Waals surface area contributed by atoms with Gasteiger partial charge in [0.15, 0.2) is 0 Å². The Balaban J connectivity index is 2.00. The Morgan fingerprint density at radius 3 is 3.23 bits per heavy atom. The molecule has 1 aliphatic heterocycles. The average Bonchev–Trinajstić information content (AvgIpc) is 2.53. The molecule has 2 heterocycles. The Hall–Kier alpha value is -1.18. The number of nitrogens with zero attached hydrogens (tertiary/aromatic N) is 2. The monoisotopic (exact) mass is 326 g/mol. The molecule has 1 aliphatic rings. The van der Waals surface area contributed by atoms with Gasteiger partial charge in [0, 0.05) is 37.0 Å². The Kier molecular flexibility index (Phi) is 7.08. The van der Waals surface area contributed by atoms with Gasteiger partial charge in [0.2, 0.25) is 6.41 Å². The van der Waals surface area contributed by atoms with Crippen molar-refractivity contribution in [2.24, 2.45) is 0 Å². The van der Waals surface area contributed by atoms with Crippen molar-refractivity contribution in [2.75, 3.05) is 30.7 Å². The van der Waals surface area contributed by atoms with Crippen molar-refractivity contribution >= 4 is 24.0 Å². The van der Waals surface area contributed by atoms with E-state index in [2.05, 4.69) is 26.8 Å². The second-order valence-electron chi connectivity index (χ2n) is 5.28. The first kappa shape index (κ1) is 17.2. The van der Waals surface area contributed by atoms with Crippen molar-refractivity contribution in [3.63, 3.8) is 0 Å². The van der Waals surface area contributed by atoms with Gasteiger partial charge in [0.25, 0.3) is 0 Å². The molecule has 0 aliphatic carbocycles. The van der Waals surface area contributed by atoms with Crippen LogP contribution in [0.1, 0.15) is 25.3 Å². The van der Waals surface area contributed by atoms with E-state index in [4.69, 9.17) is 0 Å². The molecule has 1 amide bonds. The molecule has 1 saturated heterocycles. The number of halogens is 1. The topological polar surface area (TPSA) is 57.3 Å². The summed E-state index contributed by atoms with van der Waals surface area (Å²) in [7, 11) is 0. The molecule has 1 atom stereocenters. The van der Waals surface area contributed by atoms with E-state index in [1.165, 1.54) is 12.4 Å². The SMILES string of the molecule is CCCSN1CCNCC1CCc1c(F)cncc1NC=O. The number of carbonyl (C=O) groups excluding carboxylic acids is 1. The highest BCUT2D eigenvalue weighted by Crippen LogP contribution is 2.24. The maximum atomic E-state index is 14.0. The number of nitrogens with one attached hydrogen (secondary N) is 2. The molecular weight excluding hydrogens is 303 g/mol. The summed E-state index contributed by atoms with van der Waals surface area (Å²) in [5, 5.41) is 5.93. The minimum absolute atomic E-state index is 0.358. The lowest BCUT2D eigenvalue weighted by Crippen LogP contribution is -2.48. The van der Waals surface area contributed by atoms with Crippen LogP contribution in [0.5, 0.6) is 0 Å². The van der Waals surface area contributed by atoms with Crippen molar-refractivity contribution in [2.45, 2.75) is 32.2 Å². The van der Waals surface area contributed by atoms with Crippen LogP contribution in [0.25, 0.3) is 0 Å². The lowest BCUT2D eigenvalue weighted by Gasteiger charge is -2.35. The van der Waals surface area contributed by atoms with Crippen molar-refractivity contribution in [1.29, 1.82) is 0 Å². The van der Waals surface area contributed by atoms with E-state index >= 15 is 0 Å². The van der Waals surface area contributed by atoms with Gasteiger partial charge in [0.05, 0.1) is 18.1 Å².